The summed E-state index contributed by atoms with van der Waals surface area (Å²) in [7, 11) is -10.2. The molecule has 126 valence electrons. The van der Waals surface area contributed by atoms with Crippen molar-refractivity contribution in [1.29, 1.82) is 0 Å². The molecule has 1 amide bonds. The SMILES string of the molecule is CC(=O)Nc1cc(S(=O)(=O)[O-])cc2c1C(O)(S(=O)(=O)[O-])CC=C2.[Na+].[Na+]. The number of carbonyl (C=O) groups excluding carboxylic acids is 1. The van der Waals surface area contributed by atoms with Crippen LogP contribution in [0.2, 0.25) is 0 Å². The number of nitrogens with one attached hydrogen (secondary N) is 1. The van der Waals surface area contributed by atoms with Gasteiger partial charge >= 0.3 is 59.1 Å². The molecule has 0 fully saturated rings. The molecule has 0 bridgehead atoms. The van der Waals surface area contributed by atoms with Gasteiger partial charge in [-0.15, -0.1) is 0 Å². The number of aliphatic hydroxyl groups is 1. The summed E-state index contributed by atoms with van der Waals surface area (Å²) in [5.74, 6) is -0.715. The summed E-state index contributed by atoms with van der Waals surface area (Å²) in [6.07, 6.45) is 1.81. The van der Waals surface area contributed by atoms with Gasteiger partial charge in [-0.2, -0.15) is 0 Å². The number of fused-ring (bicyclic) bond motifs is 1. The van der Waals surface area contributed by atoms with Crippen molar-refractivity contribution >= 4 is 37.9 Å². The van der Waals surface area contributed by atoms with Crippen LogP contribution in [0.15, 0.2) is 23.1 Å². The number of benzene rings is 1. The summed E-state index contributed by atoms with van der Waals surface area (Å²) in [5, 5.41) is 12.5. The molecular weight excluding hydrogens is 396 g/mol. The fourth-order valence-corrected chi connectivity index (χ4v) is 3.62. The van der Waals surface area contributed by atoms with E-state index in [9.17, 15) is 35.8 Å². The third kappa shape index (κ3) is 5.14. The van der Waals surface area contributed by atoms with Gasteiger partial charge in [0, 0.05) is 24.6 Å². The summed E-state index contributed by atoms with van der Waals surface area (Å²) in [6, 6.07) is 1.53. The van der Waals surface area contributed by atoms with E-state index in [1.54, 1.807) is 0 Å². The van der Waals surface area contributed by atoms with E-state index in [1.807, 2.05) is 0 Å². The standard InChI is InChI=1S/C12H13NO8S2.2Na/c1-7(14)13-10-6-9(22(16,17)18)5-8-3-2-4-12(15,11(8)10)23(19,20)21;;/h2-3,5-6,15H,4H2,1H3,(H,13,14)(H,16,17,18)(H,19,20,21);;/q;2*+1/p-2. The van der Waals surface area contributed by atoms with Crippen LogP contribution in [0.25, 0.3) is 6.08 Å². The zero-order valence-electron chi connectivity index (χ0n) is 13.6. The van der Waals surface area contributed by atoms with Crippen molar-refractivity contribution in [1.82, 2.24) is 0 Å². The van der Waals surface area contributed by atoms with Gasteiger partial charge < -0.3 is 19.5 Å². The number of amides is 1. The molecule has 0 saturated carbocycles. The van der Waals surface area contributed by atoms with Gasteiger partial charge in [-0.1, -0.05) is 12.2 Å². The van der Waals surface area contributed by atoms with Crippen molar-refractivity contribution in [2.45, 2.75) is 23.2 Å². The molecule has 1 unspecified atom stereocenters. The van der Waals surface area contributed by atoms with Crippen LogP contribution in [-0.4, -0.2) is 37.0 Å². The largest absolute Gasteiger partial charge is 1.00 e. The maximum atomic E-state index is 11.5. The fourth-order valence-electron chi connectivity index (χ4n) is 2.31. The molecule has 0 saturated heterocycles. The van der Waals surface area contributed by atoms with Gasteiger partial charge in [-0.05, 0) is 17.7 Å². The normalized spacial score (nSPS) is 19.2. The zero-order valence-corrected chi connectivity index (χ0v) is 19.3. The van der Waals surface area contributed by atoms with Gasteiger partial charge in [-0.25, -0.2) is 16.8 Å². The predicted octanol–water partition coefficient (Wildman–Crippen LogP) is -6.34. The summed E-state index contributed by atoms with van der Waals surface area (Å²) >= 11 is 0. The molecule has 2 rings (SSSR count). The van der Waals surface area contributed by atoms with Crippen LogP contribution >= 0.6 is 0 Å². The maximum Gasteiger partial charge on any atom is 1.00 e. The van der Waals surface area contributed by atoms with E-state index in [2.05, 4.69) is 5.32 Å². The molecule has 0 heterocycles. The fraction of sp³-hybridized carbons (Fsp3) is 0.250. The first-order chi connectivity index (χ1) is 10.4. The van der Waals surface area contributed by atoms with E-state index in [0.717, 1.165) is 19.1 Å². The second-order valence-electron chi connectivity index (χ2n) is 4.92. The minimum absolute atomic E-state index is 0. The van der Waals surface area contributed by atoms with Gasteiger partial charge in [0.1, 0.15) is 20.2 Å². The Hall–Kier alpha value is 0.210. The minimum Gasteiger partial charge on any atom is -0.745 e. The predicted molar refractivity (Wildman–Crippen MR) is 76.0 cm³/mol. The van der Waals surface area contributed by atoms with Crippen molar-refractivity contribution in [2.75, 3.05) is 5.32 Å². The number of carbonyl (C=O) groups is 1. The minimum atomic E-state index is -5.27. The van der Waals surface area contributed by atoms with Crippen LogP contribution in [0, 0.1) is 0 Å². The number of rotatable bonds is 3. The quantitative estimate of drug-likeness (QED) is 0.369. The average Bonchev–Trinajstić information content (AvgIpc) is 2.35. The number of hydrogen-bond donors (Lipinski definition) is 2. The molecule has 0 aromatic heterocycles. The first-order valence-corrected chi connectivity index (χ1v) is 8.94. The zero-order chi connectivity index (χ0) is 17.6. The van der Waals surface area contributed by atoms with Crippen molar-refractivity contribution in [2.24, 2.45) is 0 Å². The van der Waals surface area contributed by atoms with Gasteiger partial charge in [0.15, 0.2) is 4.93 Å². The van der Waals surface area contributed by atoms with Crippen molar-refractivity contribution in [3.63, 3.8) is 0 Å². The molecule has 0 spiro atoms. The van der Waals surface area contributed by atoms with Crippen LogP contribution in [0.4, 0.5) is 5.69 Å². The molecule has 0 radical (unpaired) electrons. The van der Waals surface area contributed by atoms with Crippen molar-refractivity contribution in [3.8, 4) is 0 Å². The second kappa shape index (κ2) is 8.48. The Morgan fingerprint density at radius 1 is 1.20 bits per heavy atom. The van der Waals surface area contributed by atoms with Crippen LogP contribution in [0.5, 0.6) is 0 Å². The van der Waals surface area contributed by atoms with E-state index in [1.165, 1.54) is 6.08 Å². The molecule has 1 aromatic carbocycles. The van der Waals surface area contributed by atoms with E-state index < -0.39 is 53.6 Å². The molecular formula is C12H11NNa2O8S2. The van der Waals surface area contributed by atoms with Gasteiger partial charge in [0.05, 0.1) is 4.90 Å². The molecule has 1 aromatic rings. The van der Waals surface area contributed by atoms with E-state index in [4.69, 9.17) is 0 Å². The van der Waals surface area contributed by atoms with Crippen LogP contribution in [0.1, 0.15) is 24.5 Å². The molecule has 1 atom stereocenters. The molecule has 2 N–H and O–H groups in total. The third-order valence-electron chi connectivity index (χ3n) is 3.24. The van der Waals surface area contributed by atoms with Crippen molar-refractivity contribution in [3.05, 3.63) is 29.3 Å². The topological polar surface area (TPSA) is 164 Å². The molecule has 9 nitrogen and oxygen atoms in total. The van der Waals surface area contributed by atoms with E-state index >= 15 is 0 Å². The Balaban J connectivity index is 0.00000288. The smallest absolute Gasteiger partial charge is 0.745 e. The summed E-state index contributed by atoms with van der Waals surface area (Å²) in [5.41, 5.74) is -1.08. The van der Waals surface area contributed by atoms with Crippen molar-refractivity contribution < 1.29 is 95.0 Å². The molecule has 0 aliphatic heterocycles. The van der Waals surface area contributed by atoms with Crippen LogP contribution in [0.3, 0.4) is 0 Å². The number of anilines is 1. The molecule has 1 aliphatic rings. The van der Waals surface area contributed by atoms with E-state index in [-0.39, 0.29) is 64.7 Å². The monoisotopic (exact) mass is 407 g/mol. The number of hydrogen-bond acceptors (Lipinski definition) is 8. The molecule has 13 heteroatoms. The molecule has 25 heavy (non-hydrogen) atoms. The maximum absolute atomic E-state index is 11.5. The average molecular weight is 407 g/mol. The summed E-state index contributed by atoms with van der Waals surface area (Å²) in [6.45, 7) is 1.05. The Labute approximate surface area is 189 Å². The second-order valence-corrected chi connectivity index (χ2v) is 7.88. The molecule has 1 aliphatic carbocycles. The Morgan fingerprint density at radius 3 is 2.20 bits per heavy atom. The van der Waals surface area contributed by atoms with E-state index in [0.29, 0.717) is 6.07 Å². The van der Waals surface area contributed by atoms with Gasteiger partial charge in [0.25, 0.3) is 0 Å². The first kappa shape index (κ1) is 25.2. The summed E-state index contributed by atoms with van der Waals surface area (Å²) in [4.78, 5) is 7.63. The van der Waals surface area contributed by atoms with Crippen LogP contribution < -0.4 is 64.4 Å². The van der Waals surface area contributed by atoms with Gasteiger partial charge in [0.2, 0.25) is 5.91 Å². The summed E-state index contributed by atoms with van der Waals surface area (Å²) < 4.78 is 67.9. The first-order valence-electron chi connectivity index (χ1n) is 6.12. The Morgan fingerprint density at radius 2 is 1.76 bits per heavy atom. The Kier molecular flexibility index (Phi) is 8.55. The Bertz CT molecular complexity index is 927. The third-order valence-corrected chi connectivity index (χ3v) is 5.25. The van der Waals surface area contributed by atoms with Gasteiger partial charge in [-0.3, -0.25) is 4.79 Å². The van der Waals surface area contributed by atoms with Crippen LogP contribution in [-0.2, 0) is 30.0 Å².